The van der Waals surface area contributed by atoms with E-state index in [9.17, 15) is 0 Å². The van der Waals surface area contributed by atoms with Gasteiger partial charge in [0.05, 0.1) is 12.7 Å². The lowest BCUT2D eigenvalue weighted by Gasteiger charge is -2.36. The van der Waals surface area contributed by atoms with Crippen LogP contribution in [-0.4, -0.2) is 37.8 Å². The van der Waals surface area contributed by atoms with Gasteiger partial charge < -0.3 is 14.6 Å². The summed E-state index contributed by atoms with van der Waals surface area (Å²) < 4.78 is 5.93. The van der Waals surface area contributed by atoms with Crippen LogP contribution in [0.4, 0.5) is 0 Å². The van der Waals surface area contributed by atoms with Crippen LogP contribution in [0.25, 0.3) is 0 Å². The van der Waals surface area contributed by atoms with E-state index in [-0.39, 0.29) is 11.6 Å². The van der Waals surface area contributed by atoms with Gasteiger partial charge in [-0.3, -0.25) is 0 Å². The summed E-state index contributed by atoms with van der Waals surface area (Å²) in [5.74, 6) is 0. The highest BCUT2D eigenvalue weighted by atomic mass is 28.4. The lowest BCUT2D eigenvalue weighted by molar-refractivity contribution is 0.0821. The quantitative estimate of drug-likeness (QED) is 0.547. The second kappa shape index (κ2) is 5.99. The second-order valence-electron chi connectivity index (χ2n) is 5.59. The van der Waals surface area contributed by atoms with Crippen LogP contribution in [-0.2, 0) is 4.43 Å². The zero-order valence-corrected chi connectivity index (χ0v) is 11.7. The summed E-state index contributed by atoms with van der Waals surface area (Å²) in [6.45, 7) is 11.6. The number of hydrogen-bond donors (Lipinski definition) is 2. The normalized spacial score (nSPS) is 15.4. The third kappa shape index (κ3) is 5.66. The zero-order valence-electron chi connectivity index (χ0n) is 10.7. The minimum absolute atomic E-state index is 0.153. The minimum atomic E-state index is -1.63. The SMILES string of the molecule is CC(C)(C)[Si](C)(C)OCCCC(O)CO. The number of rotatable bonds is 6. The first kappa shape index (κ1) is 15.1. The van der Waals surface area contributed by atoms with Gasteiger partial charge in [0.15, 0.2) is 8.32 Å². The van der Waals surface area contributed by atoms with E-state index in [4.69, 9.17) is 14.6 Å². The monoisotopic (exact) mass is 234 g/mol. The largest absolute Gasteiger partial charge is 0.417 e. The molecular weight excluding hydrogens is 208 g/mol. The molecule has 0 amide bonds. The highest BCUT2D eigenvalue weighted by molar-refractivity contribution is 6.74. The molecule has 0 heterocycles. The first-order valence-corrected chi connectivity index (χ1v) is 8.54. The van der Waals surface area contributed by atoms with Crippen molar-refractivity contribution in [2.45, 2.75) is 57.8 Å². The molecule has 15 heavy (non-hydrogen) atoms. The first-order valence-electron chi connectivity index (χ1n) is 5.63. The number of aliphatic hydroxyl groups excluding tert-OH is 2. The fourth-order valence-electron chi connectivity index (χ4n) is 0.954. The van der Waals surface area contributed by atoms with Gasteiger partial charge in [0.25, 0.3) is 0 Å². The molecule has 0 aromatic heterocycles. The molecule has 0 aromatic rings. The third-order valence-corrected chi connectivity index (χ3v) is 7.70. The predicted molar refractivity (Wildman–Crippen MR) is 65.5 cm³/mol. The topological polar surface area (TPSA) is 49.7 Å². The van der Waals surface area contributed by atoms with Crippen LogP contribution in [0.1, 0.15) is 33.6 Å². The van der Waals surface area contributed by atoms with E-state index >= 15 is 0 Å². The van der Waals surface area contributed by atoms with Gasteiger partial charge in [-0.05, 0) is 31.0 Å². The predicted octanol–water partition coefficient (Wildman–Crippen LogP) is 2.14. The Kier molecular flexibility index (Phi) is 6.03. The van der Waals surface area contributed by atoms with E-state index in [0.717, 1.165) is 6.42 Å². The van der Waals surface area contributed by atoms with Gasteiger partial charge in [0.1, 0.15) is 0 Å². The molecule has 1 atom stereocenters. The maximum Gasteiger partial charge on any atom is 0.191 e. The van der Waals surface area contributed by atoms with Crippen molar-refractivity contribution < 1.29 is 14.6 Å². The summed E-state index contributed by atoms with van der Waals surface area (Å²) in [5, 5.41) is 18.0. The third-order valence-electron chi connectivity index (χ3n) is 3.16. The molecule has 0 radical (unpaired) electrons. The summed E-state index contributed by atoms with van der Waals surface area (Å²) in [6.07, 6.45) is 0.840. The zero-order chi connectivity index (χ0) is 12.1. The maximum atomic E-state index is 9.15. The molecule has 0 aliphatic rings. The highest BCUT2D eigenvalue weighted by Crippen LogP contribution is 2.36. The van der Waals surface area contributed by atoms with E-state index in [1.807, 2.05) is 0 Å². The summed E-state index contributed by atoms with van der Waals surface area (Å²) in [6, 6.07) is 0. The molecule has 3 nitrogen and oxygen atoms in total. The molecular formula is C11H26O3Si. The van der Waals surface area contributed by atoms with Gasteiger partial charge in [-0.15, -0.1) is 0 Å². The molecule has 0 saturated carbocycles. The average molecular weight is 234 g/mol. The smallest absolute Gasteiger partial charge is 0.191 e. The Hall–Kier alpha value is 0.0969. The lowest BCUT2D eigenvalue weighted by atomic mass is 10.2. The van der Waals surface area contributed by atoms with E-state index in [1.165, 1.54) is 0 Å². The van der Waals surface area contributed by atoms with Gasteiger partial charge in [0.2, 0.25) is 0 Å². The molecule has 92 valence electrons. The van der Waals surface area contributed by atoms with Crippen LogP contribution in [0, 0.1) is 0 Å². The van der Waals surface area contributed by atoms with Crippen LogP contribution >= 0.6 is 0 Å². The van der Waals surface area contributed by atoms with Gasteiger partial charge >= 0.3 is 0 Å². The van der Waals surface area contributed by atoms with Crippen LogP contribution < -0.4 is 0 Å². The van der Waals surface area contributed by atoms with Crippen molar-refractivity contribution in [3.63, 3.8) is 0 Å². The van der Waals surface area contributed by atoms with Crippen molar-refractivity contribution in [3.8, 4) is 0 Å². The van der Waals surface area contributed by atoms with Crippen LogP contribution in [0.2, 0.25) is 18.1 Å². The maximum absolute atomic E-state index is 9.15. The lowest BCUT2D eigenvalue weighted by Crippen LogP contribution is -2.41. The van der Waals surface area contributed by atoms with Crippen molar-refractivity contribution in [2.24, 2.45) is 0 Å². The minimum Gasteiger partial charge on any atom is -0.417 e. The van der Waals surface area contributed by atoms with E-state index in [2.05, 4.69) is 33.9 Å². The summed E-state index contributed by atoms with van der Waals surface area (Å²) in [7, 11) is -1.63. The molecule has 0 aromatic carbocycles. The first-order chi connectivity index (χ1) is 6.70. The Bertz CT molecular complexity index is 175. The molecule has 0 saturated heterocycles. The number of hydrogen-bond acceptors (Lipinski definition) is 3. The fourth-order valence-corrected chi connectivity index (χ4v) is 2.04. The van der Waals surface area contributed by atoms with Gasteiger partial charge in [0, 0.05) is 6.61 Å². The summed E-state index contributed by atoms with van der Waals surface area (Å²) in [5.41, 5.74) is 0. The van der Waals surface area contributed by atoms with Crippen LogP contribution in [0.15, 0.2) is 0 Å². The Balaban J connectivity index is 3.77. The summed E-state index contributed by atoms with van der Waals surface area (Å²) >= 11 is 0. The molecule has 0 aliphatic carbocycles. The molecule has 0 spiro atoms. The Morgan fingerprint density at radius 3 is 2.20 bits per heavy atom. The Morgan fingerprint density at radius 1 is 1.27 bits per heavy atom. The van der Waals surface area contributed by atoms with E-state index < -0.39 is 14.4 Å². The highest BCUT2D eigenvalue weighted by Gasteiger charge is 2.36. The van der Waals surface area contributed by atoms with Crippen LogP contribution in [0.3, 0.4) is 0 Å². The molecule has 1 unspecified atom stereocenters. The molecule has 0 rings (SSSR count). The van der Waals surface area contributed by atoms with Crippen molar-refractivity contribution in [1.82, 2.24) is 0 Å². The van der Waals surface area contributed by atoms with Gasteiger partial charge in [-0.2, -0.15) is 0 Å². The van der Waals surface area contributed by atoms with Crippen molar-refractivity contribution >= 4 is 8.32 Å². The standard InChI is InChI=1S/C11H26O3Si/c1-11(2,3)15(4,5)14-8-6-7-10(13)9-12/h10,12-13H,6-9H2,1-5H3. The molecule has 0 fully saturated rings. The fraction of sp³-hybridized carbons (Fsp3) is 1.00. The molecule has 4 heteroatoms. The number of aliphatic hydroxyl groups is 2. The van der Waals surface area contributed by atoms with E-state index in [0.29, 0.717) is 13.0 Å². The van der Waals surface area contributed by atoms with Gasteiger partial charge in [-0.1, -0.05) is 20.8 Å². The average Bonchev–Trinajstić information content (AvgIpc) is 2.10. The Morgan fingerprint density at radius 2 is 1.80 bits per heavy atom. The molecule has 0 aliphatic heterocycles. The Labute approximate surface area is 94.6 Å². The molecule has 0 bridgehead atoms. The van der Waals surface area contributed by atoms with Crippen molar-refractivity contribution in [3.05, 3.63) is 0 Å². The van der Waals surface area contributed by atoms with Crippen molar-refractivity contribution in [1.29, 1.82) is 0 Å². The van der Waals surface area contributed by atoms with E-state index in [1.54, 1.807) is 0 Å². The van der Waals surface area contributed by atoms with Crippen molar-refractivity contribution in [2.75, 3.05) is 13.2 Å². The van der Waals surface area contributed by atoms with Crippen LogP contribution in [0.5, 0.6) is 0 Å². The summed E-state index contributed by atoms with van der Waals surface area (Å²) in [4.78, 5) is 0. The van der Waals surface area contributed by atoms with Gasteiger partial charge in [-0.25, -0.2) is 0 Å². The second-order valence-corrected chi connectivity index (χ2v) is 10.4. The molecule has 2 N–H and O–H groups in total.